The van der Waals surface area contributed by atoms with Gasteiger partial charge in [0, 0.05) is 0 Å². The Bertz CT molecular complexity index is 711. The van der Waals surface area contributed by atoms with E-state index in [0.717, 1.165) is 23.8 Å². The van der Waals surface area contributed by atoms with Crippen LogP contribution in [0.15, 0.2) is 29.9 Å². The van der Waals surface area contributed by atoms with Crippen molar-refractivity contribution in [2.75, 3.05) is 0 Å². The number of fused-ring (bicyclic) bond motifs is 1. The van der Waals surface area contributed by atoms with Gasteiger partial charge in [-0.25, -0.2) is 4.39 Å². The van der Waals surface area contributed by atoms with Crippen LogP contribution in [0.2, 0.25) is 0 Å². The highest BCUT2D eigenvalue weighted by atomic mass is 19.1. The summed E-state index contributed by atoms with van der Waals surface area (Å²) in [6.07, 6.45) is 8.23. The van der Waals surface area contributed by atoms with E-state index in [-0.39, 0.29) is 5.82 Å². The van der Waals surface area contributed by atoms with Crippen molar-refractivity contribution in [1.29, 1.82) is 0 Å². The van der Waals surface area contributed by atoms with Crippen LogP contribution in [0.4, 0.5) is 4.39 Å². The van der Waals surface area contributed by atoms with Gasteiger partial charge in [0.15, 0.2) is 0 Å². The van der Waals surface area contributed by atoms with E-state index >= 15 is 0 Å². The predicted molar refractivity (Wildman–Crippen MR) is 87.8 cm³/mol. The van der Waals surface area contributed by atoms with E-state index in [0.29, 0.717) is 11.8 Å². The summed E-state index contributed by atoms with van der Waals surface area (Å²) in [5.41, 5.74) is 6.27. The molecule has 4 atom stereocenters. The van der Waals surface area contributed by atoms with Gasteiger partial charge in [-0.1, -0.05) is 29.9 Å². The molecular formula is C21H22F. The normalized spacial score (nSPS) is 35.9. The highest BCUT2D eigenvalue weighted by Crippen LogP contribution is 2.63. The molecule has 0 spiro atoms. The quantitative estimate of drug-likeness (QED) is 0.604. The van der Waals surface area contributed by atoms with Crippen LogP contribution in [-0.4, -0.2) is 0 Å². The second-order valence-corrected chi connectivity index (χ2v) is 7.96. The monoisotopic (exact) mass is 293 g/mol. The number of hydrogen-bond donors (Lipinski definition) is 0. The number of halogens is 1. The Morgan fingerprint density at radius 3 is 2.91 bits per heavy atom. The van der Waals surface area contributed by atoms with Gasteiger partial charge in [0.25, 0.3) is 0 Å². The average molecular weight is 293 g/mol. The third-order valence-electron chi connectivity index (χ3n) is 6.62. The zero-order valence-electron chi connectivity index (χ0n) is 13.2. The zero-order valence-corrected chi connectivity index (χ0v) is 13.2. The first-order valence-corrected chi connectivity index (χ1v) is 8.63. The Hall–Kier alpha value is -1.37. The molecule has 4 bridgehead atoms. The maximum absolute atomic E-state index is 14.2. The van der Waals surface area contributed by atoms with Crippen LogP contribution in [0.1, 0.15) is 55.2 Å². The molecule has 0 aromatic heterocycles. The summed E-state index contributed by atoms with van der Waals surface area (Å²) in [6, 6.07) is 3.77. The average Bonchev–Trinajstić information content (AvgIpc) is 2.88. The van der Waals surface area contributed by atoms with Crippen LogP contribution >= 0.6 is 0 Å². The first kappa shape index (κ1) is 13.1. The molecule has 1 radical (unpaired) electrons. The SMILES string of the molecule is C=C1C2C[C]3CC(C2)CC1C3c1ccc(F)c2c1C=C(C)C2. The predicted octanol–water partition coefficient (Wildman–Crippen LogP) is 5.45. The minimum absolute atomic E-state index is 0.0282. The van der Waals surface area contributed by atoms with Gasteiger partial charge < -0.3 is 0 Å². The number of hydrogen-bond acceptors (Lipinski definition) is 0. The maximum atomic E-state index is 14.2. The molecule has 0 saturated heterocycles. The van der Waals surface area contributed by atoms with Gasteiger partial charge in [-0.3, -0.25) is 0 Å². The zero-order chi connectivity index (χ0) is 15.0. The Kier molecular flexibility index (Phi) is 2.58. The van der Waals surface area contributed by atoms with E-state index in [1.54, 1.807) is 12.0 Å². The fourth-order valence-corrected chi connectivity index (χ4v) is 5.79. The number of benzene rings is 1. The molecular weight excluding hydrogens is 271 g/mol. The first-order chi connectivity index (χ1) is 10.6. The number of rotatable bonds is 1. The van der Waals surface area contributed by atoms with E-state index in [9.17, 15) is 4.39 Å². The van der Waals surface area contributed by atoms with E-state index in [1.807, 2.05) is 0 Å². The minimum atomic E-state index is -0.0282. The van der Waals surface area contributed by atoms with Crippen LogP contribution in [-0.2, 0) is 6.42 Å². The van der Waals surface area contributed by atoms with Crippen LogP contribution < -0.4 is 0 Å². The first-order valence-electron chi connectivity index (χ1n) is 8.63. The van der Waals surface area contributed by atoms with Crippen molar-refractivity contribution < 1.29 is 4.39 Å². The summed E-state index contributed by atoms with van der Waals surface area (Å²) in [7, 11) is 0. The van der Waals surface area contributed by atoms with Crippen molar-refractivity contribution in [1.82, 2.24) is 0 Å². The Labute approximate surface area is 132 Å². The largest absolute Gasteiger partial charge is 0.207 e. The van der Waals surface area contributed by atoms with Crippen molar-refractivity contribution >= 4 is 6.08 Å². The molecule has 22 heavy (non-hydrogen) atoms. The Balaban J connectivity index is 1.64. The molecule has 6 rings (SSSR count). The fraction of sp³-hybridized carbons (Fsp3) is 0.476. The molecule has 0 N–H and O–H groups in total. The lowest BCUT2D eigenvalue weighted by Gasteiger charge is -2.55. The van der Waals surface area contributed by atoms with Crippen molar-refractivity contribution in [3.8, 4) is 0 Å². The fourth-order valence-electron chi connectivity index (χ4n) is 5.79. The molecule has 0 amide bonds. The summed E-state index contributed by atoms with van der Waals surface area (Å²) >= 11 is 0. The van der Waals surface area contributed by atoms with Gasteiger partial charge in [0.05, 0.1) is 0 Å². The Morgan fingerprint density at radius 2 is 2.05 bits per heavy atom. The smallest absolute Gasteiger partial charge is 0.127 e. The molecule has 4 saturated carbocycles. The van der Waals surface area contributed by atoms with Crippen LogP contribution in [0.25, 0.3) is 6.08 Å². The maximum Gasteiger partial charge on any atom is 0.127 e. The third-order valence-corrected chi connectivity index (χ3v) is 6.62. The molecule has 1 aromatic carbocycles. The van der Waals surface area contributed by atoms with Crippen LogP contribution in [0.3, 0.4) is 0 Å². The van der Waals surface area contributed by atoms with Gasteiger partial charge in [0.1, 0.15) is 5.82 Å². The van der Waals surface area contributed by atoms with Crippen molar-refractivity contribution in [3.63, 3.8) is 0 Å². The van der Waals surface area contributed by atoms with Gasteiger partial charge in [-0.15, -0.1) is 0 Å². The van der Waals surface area contributed by atoms with E-state index in [1.165, 1.54) is 48.0 Å². The Morgan fingerprint density at radius 1 is 1.18 bits per heavy atom. The molecule has 0 aliphatic heterocycles. The molecule has 1 heteroatoms. The summed E-state index contributed by atoms with van der Waals surface area (Å²) in [4.78, 5) is 0. The highest BCUT2D eigenvalue weighted by molar-refractivity contribution is 5.68. The number of allylic oxidation sites excluding steroid dienone is 2. The topological polar surface area (TPSA) is 0 Å². The van der Waals surface area contributed by atoms with Crippen LogP contribution in [0.5, 0.6) is 0 Å². The molecule has 0 heterocycles. The molecule has 1 aromatic rings. The summed E-state index contributed by atoms with van der Waals surface area (Å²) in [5.74, 6) is 4.47. The van der Waals surface area contributed by atoms with Crippen LogP contribution in [0, 0.1) is 29.5 Å². The van der Waals surface area contributed by atoms with Crippen molar-refractivity contribution in [3.05, 3.63) is 58.3 Å². The molecule has 5 aliphatic rings. The minimum Gasteiger partial charge on any atom is -0.207 e. The van der Waals surface area contributed by atoms with E-state index < -0.39 is 0 Å². The van der Waals surface area contributed by atoms with E-state index in [2.05, 4.69) is 25.6 Å². The third kappa shape index (κ3) is 1.63. The van der Waals surface area contributed by atoms with Crippen molar-refractivity contribution in [2.24, 2.45) is 17.8 Å². The summed E-state index contributed by atoms with van der Waals surface area (Å²) in [5, 5.41) is 0. The lowest BCUT2D eigenvalue weighted by atomic mass is 9.49. The lowest BCUT2D eigenvalue weighted by Crippen LogP contribution is -2.44. The molecule has 4 fully saturated rings. The second kappa shape index (κ2) is 4.34. The van der Waals surface area contributed by atoms with Gasteiger partial charge in [-0.05, 0) is 91.4 Å². The van der Waals surface area contributed by atoms with Gasteiger partial charge in [-0.2, -0.15) is 0 Å². The highest BCUT2D eigenvalue weighted by Gasteiger charge is 2.51. The van der Waals surface area contributed by atoms with E-state index in [4.69, 9.17) is 0 Å². The molecule has 113 valence electrons. The van der Waals surface area contributed by atoms with Gasteiger partial charge in [0.2, 0.25) is 0 Å². The van der Waals surface area contributed by atoms with Crippen molar-refractivity contribution in [2.45, 2.75) is 44.9 Å². The summed E-state index contributed by atoms with van der Waals surface area (Å²) < 4.78 is 14.2. The summed E-state index contributed by atoms with van der Waals surface area (Å²) in [6.45, 7) is 6.57. The molecule has 4 unspecified atom stereocenters. The van der Waals surface area contributed by atoms with Gasteiger partial charge >= 0.3 is 0 Å². The standard InChI is InChI=1S/C21H22F/c1-11-5-18-16(3-4-20(22)19(18)6-11)21-15-8-13-7-14(10-15)12(2)17(21)9-13/h3-5,13-14,17,21H,2,6-10H2,1H3. The molecule has 0 nitrogen and oxygen atoms in total. The lowest BCUT2D eigenvalue weighted by molar-refractivity contribution is 0.132. The second-order valence-electron chi connectivity index (χ2n) is 7.96. The molecule has 5 aliphatic carbocycles.